The van der Waals surface area contributed by atoms with E-state index < -0.39 is 11.6 Å². The Morgan fingerprint density at radius 2 is 1.69 bits per heavy atom. The zero-order valence-electron chi connectivity index (χ0n) is 17.1. The van der Waals surface area contributed by atoms with Crippen LogP contribution in [0, 0.1) is 11.6 Å². The Kier molecular flexibility index (Phi) is 6.01. The van der Waals surface area contributed by atoms with E-state index in [1.165, 1.54) is 29.3 Å². The van der Waals surface area contributed by atoms with E-state index in [2.05, 4.69) is 21.9 Å². The van der Waals surface area contributed by atoms with Crippen molar-refractivity contribution in [2.45, 2.75) is 38.4 Å². The van der Waals surface area contributed by atoms with Crippen LogP contribution in [0.3, 0.4) is 0 Å². The van der Waals surface area contributed by atoms with E-state index in [1.54, 1.807) is 14.2 Å². The predicted molar refractivity (Wildman–Crippen MR) is 108 cm³/mol. The zero-order chi connectivity index (χ0) is 20.4. The fourth-order valence-electron chi connectivity index (χ4n) is 4.60. The number of benzene rings is 2. The molecular formula is C23H28F2N2O2. The van der Waals surface area contributed by atoms with Gasteiger partial charge in [0.25, 0.3) is 0 Å². The van der Waals surface area contributed by atoms with E-state index in [1.807, 2.05) is 0 Å². The van der Waals surface area contributed by atoms with Crippen LogP contribution in [0.1, 0.15) is 29.5 Å². The van der Waals surface area contributed by atoms with Gasteiger partial charge < -0.3 is 9.47 Å². The molecule has 29 heavy (non-hydrogen) atoms. The first-order valence-corrected chi connectivity index (χ1v) is 10.2. The molecule has 1 unspecified atom stereocenters. The van der Waals surface area contributed by atoms with Crippen LogP contribution in [0.5, 0.6) is 11.5 Å². The van der Waals surface area contributed by atoms with Gasteiger partial charge in [0, 0.05) is 37.8 Å². The van der Waals surface area contributed by atoms with Gasteiger partial charge in [0.05, 0.1) is 14.2 Å². The van der Waals surface area contributed by atoms with Crippen molar-refractivity contribution in [3.8, 4) is 11.5 Å². The lowest BCUT2D eigenvalue weighted by Gasteiger charge is -2.41. The normalized spacial score (nSPS) is 20.3. The van der Waals surface area contributed by atoms with Crippen LogP contribution >= 0.6 is 0 Å². The van der Waals surface area contributed by atoms with Crippen molar-refractivity contribution in [1.82, 2.24) is 9.80 Å². The second-order valence-corrected chi connectivity index (χ2v) is 7.93. The van der Waals surface area contributed by atoms with E-state index in [4.69, 9.17) is 9.47 Å². The van der Waals surface area contributed by atoms with E-state index in [9.17, 15) is 8.78 Å². The van der Waals surface area contributed by atoms with Gasteiger partial charge in [-0.25, -0.2) is 8.78 Å². The van der Waals surface area contributed by atoms with Crippen molar-refractivity contribution in [2.75, 3.05) is 33.9 Å². The second kappa shape index (κ2) is 8.67. The quantitative estimate of drug-likeness (QED) is 0.755. The Morgan fingerprint density at radius 1 is 1.00 bits per heavy atom. The van der Waals surface area contributed by atoms with E-state index in [-0.39, 0.29) is 5.56 Å². The molecule has 2 aliphatic heterocycles. The number of methoxy groups -OCH3 is 2. The van der Waals surface area contributed by atoms with Gasteiger partial charge in [-0.2, -0.15) is 0 Å². The molecule has 156 valence electrons. The Balaban J connectivity index is 1.45. The van der Waals surface area contributed by atoms with Gasteiger partial charge >= 0.3 is 0 Å². The van der Waals surface area contributed by atoms with Crippen LogP contribution in [-0.4, -0.2) is 49.7 Å². The molecule has 2 aliphatic rings. The Hall–Kier alpha value is -2.18. The summed E-state index contributed by atoms with van der Waals surface area (Å²) in [5.74, 6) is 0.615. The lowest BCUT2D eigenvalue weighted by atomic mass is 9.95. The molecule has 2 heterocycles. The van der Waals surface area contributed by atoms with Crippen LogP contribution in [0.4, 0.5) is 8.78 Å². The second-order valence-electron chi connectivity index (χ2n) is 7.93. The first-order chi connectivity index (χ1) is 14.1. The molecule has 1 fully saturated rings. The fourth-order valence-corrected chi connectivity index (χ4v) is 4.60. The van der Waals surface area contributed by atoms with Crippen LogP contribution in [-0.2, 0) is 19.5 Å². The molecule has 2 aromatic carbocycles. The molecule has 0 bridgehead atoms. The predicted octanol–water partition coefficient (Wildman–Crippen LogP) is 4.00. The molecule has 0 amide bonds. The molecule has 4 rings (SSSR count). The molecule has 0 aromatic heterocycles. The van der Waals surface area contributed by atoms with Crippen LogP contribution in [0.25, 0.3) is 0 Å². The number of halogens is 2. The number of hydrogen-bond acceptors (Lipinski definition) is 4. The molecule has 1 atom stereocenters. The van der Waals surface area contributed by atoms with Crippen LogP contribution in [0.15, 0.2) is 30.3 Å². The minimum Gasteiger partial charge on any atom is -0.493 e. The zero-order valence-corrected chi connectivity index (χ0v) is 17.1. The summed E-state index contributed by atoms with van der Waals surface area (Å²) in [6.45, 7) is 3.87. The fraction of sp³-hybridized carbons (Fsp3) is 0.478. The van der Waals surface area contributed by atoms with Crippen molar-refractivity contribution < 1.29 is 18.3 Å². The average Bonchev–Trinajstić information content (AvgIpc) is 2.75. The maximum atomic E-state index is 14.1. The summed E-state index contributed by atoms with van der Waals surface area (Å²) in [7, 11) is 3.32. The van der Waals surface area contributed by atoms with Gasteiger partial charge in [0.15, 0.2) is 11.5 Å². The summed E-state index contributed by atoms with van der Waals surface area (Å²) in [6, 6.07) is 8.64. The molecular weight excluding hydrogens is 374 g/mol. The maximum Gasteiger partial charge on any atom is 0.161 e. The molecule has 1 saturated heterocycles. The van der Waals surface area contributed by atoms with Crippen molar-refractivity contribution >= 4 is 0 Å². The van der Waals surface area contributed by atoms with Crippen molar-refractivity contribution in [3.05, 3.63) is 58.7 Å². The SMILES string of the molecule is COc1cc2c(cc1OC)CN(C1CCCN(Cc3c(F)cccc3F)C1)CC2. The monoisotopic (exact) mass is 402 g/mol. The summed E-state index contributed by atoms with van der Waals surface area (Å²) in [6.07, 6.45) is 3.11. The standard InChI is InChI=1S/C23H28F2N2O2/c1-28-22-11-16-8-10-27(13-17(16)12-23(22)29-2)18-5-4-9-26(14-18)15-19-20(24)6-3-7-21(19)25/h3,6-7,11-12,18H,4-5,8-10,13-15H2,1-2H3. The summed E-state index contributed by atoms with van der Waals surface area (Å²) in [4.78, 5) is 4.68. The van der Waals surface area contributed by atoms with Gasteiger partial charge in [-0.05, 0) is 61.2 Å². The highest BCUT2D eigenvalue weighted by Gasteiger charge is 2.29. The summed E-state index contributed by atoms with van der Waals surface area (Å²) < 4.78 is 39.0. The molecule has 2 aromatic rings. The third kappa shape index (κ3) is 4.23. The Morgan fingerprint density at radius 3 is 2.38 bits per heavy atom. The van der Waals surface area contributed by atoms with Gasteiger partial charge in [0.2, 0.25) is 0 Å². The third-order valence-electron chi connectivity index (χ3n) is 6.19. The number of rotatable bonds is 5. The molecule has 0 saturated carbocycles. The van der Waals surface area contributed by atoms with E-state index >= 15 is 0 Å². The van der Waals surface area contributed by atoms with Gasteiger partial charge in [0.1, 0.15) is 11.6 Å². The average molecular weight is 402 g/mol. The van der Waals surface area contributed by atoms with Crippen LogP contribution < -0.4 is 9.47 Å². The maximum absolute atomic E-state index is 14.1. The van der Waals surface area contributed by atoms with Gasteiger partial charge in [-0.3, -0.25) is 9.80 Å². The Labute approximate surface area is 171 Å². The first kappa shape index (κ1) is 20.1. The highest BCUT2D eigenvalue weighted by molar-refractivity contribution is 5.48. The number of nitrogens with zero attached hydrogens (tertiary/aromatic N) is 2. The Bertz CT molecular complexity index is 854. The molecule has 6 heteroatoms. The summed E-state index contributed by atoms with van der Waals surface area (Å²) >= 11 is 0. The topological polar surface area (TPSA) is 24.9 Å². The lowest BCUT2D eigenvalue weighted by Crippen LogP contribution is -2.49. The third-order valence-corrected chi connectivity index (χ3v) is 6.19. The molecule has 0 radical (unpaired) electrons. The highest BCUT2D eigenvalue weighted by Crippen LogP contribution is 2.34. The molecule has 0 aliphatic carbocycles. The minimum absolute atomic E-state index is 0.175. The first-order valence-electron chi connectivity index (χ1n) is 10.2. The van der Waals surface area contributed by atoms with E-state index in [0.29, 0.717) is 12.6 Å². The smallest absolute Gasteiger partial charge is 0.161 e. The van der Waals surface area contributed by atoms with Crippen molar-refractivity contribution in [2.24, 2.45) is 0 Å². The van der Waals surface area contributed by atoms with Crippen molar-refractivity contribution in [3.63, 3.8) is 0 Å². The van der Waals surface area contributed by atoms with Crippen LogP contribution in [0.2, 0.25) is 0 Å². The lowest BCUT2D eigenvalue weighted by molar-refractivity contribution is 0.0825. The minimum atomic E-state index is -0.458. The largest absolute Gasteiger partial charge is 0.493 e. The summed E-state index contributed by atoms with van der Waals surface area (Å²) in [5, 5.41) is 0. The summed E-state index contributed by atoms with van der Waals surface area (Å²) in [5.41, 5.74) is 2.75. The van der Waals surface area contributed by atoms with E-state index in [0.717, 1.165) is 56.9 Å². The van der Waals surface area contributed by atoms with Gasteiger partial charge in [-0.1, -0.05) is 6.07 Å². The molecule has 0 N–H and O–H groups in total. The van der Waals surface area contributed by atoms with Gasteiger partial charge in [-0.15, -0.1) is 0 Å². The number of hydrogen-bond donors (Lipinski definition) is 0. The number of likely N-dealkylation sites (tertiary alicyclic amines) is 1. The number of fused-ring (bicyclic) bond motifs is 1. The molecule has 4 nitrogen and oxygen atoms in total. The molecule has 0 spiro atoms. The highest BCUT2D eigenvalue weighted by atomic mass is 19.1. The number of ether oxygens (including phenoxy) is 2. The van der Waals surface area contributed by atoms with Crippen molar-refractivity contribution in [1.29, 1.82) is 0 Å². The number of piperidine rings is 1.